The Morgan fingerprint density at radius 2 is 2.11 bits per heavy atom. The molecule has 0 aliphatic carbocycles. The fourth-order valence-corrected chi connectivity index (χ4v) is 2.38. The quantitative estimate of drug-likeness (QED) is 0.903. The van der Waals surface area contributed by atoms with Crippen molar-refractivity contribution in [3.8, 4) is 0 Å². The van der Waals surface area contributed by atoms with Crippen LogP contribution in [0.1, 0.15) is 22.3 Å². The molecule has 0 aromatic heterocycles. The number of benzene rings is 1. The van der Waals surface area contributed by atoms with Crippen LogP contribution in [0.25, 0.3) is 0 Å². The van der Waals surface area contributed by atoms with Gasteiger partial charge in [-0.1, -0.05) is 6.07 Å². The molecule has 0 amide bonds. The van der Waals surface area contributed by atoms with Crippen LogP contribution in [-0.4, -0.2) is 54.1 Å². The summed E-state index contributed by atoms with van der Waals surface area (Å²) in [4.78, 5) is 15.6. The summed E-state index contributed by atoms with van der Waals surface area (Å²) in [5.41, 5.74) is 0.746. The predicted octanol–water partition coefficient (Wildman–Crippen LogP) is 1.66. The van der Waals surface area contributed by atoms with E-state index in [2.05, 4.69) is 16.8 Å². The Labute approximate surface area is 112 Å². The van der Waals surface area contributed by atoms with Crippen molar-refractivity contribution >= 4 is 5.97 Å². The number of hydrogen-bond acceptors (Lipinski definition) is 3. The number of carboxylic acids is 1. The smallest absolute Gasteiger partial charge is 0.336 e. The molecule has 0 atom stereocenters. The molecule has 1 N–H and O–H groups in total. The number of hydrogen-bond donors (Lipinski definition) is 1. The second-order valence-corrected chi connectivity index (χ2v) is 5.04. The summed E-state index contributed by atoms with van der Waals surface area (Å²) in [5, 5.41) is 9.12. The number of carboxylic acid groups (broad SMARTS) is 1. The molecule has 1 aromatic rings. The van der Waals surface area contributed by atoms with Crippen LogP contribution in [-0.2, 0) is 6.54 Å². The molecule has 104 valence electrons. The van der Waals surface area contributed by atoms with Crippen molar-refractivity contribution in [2.75, 3.05) is 33.2 Å². The van der Waals surface area contributed by atoms with Crippen LogP contribution in [0.3, 0.4) is 0 Å². The van der Waals surface area contributed by atoms with Gasteiger partial charge in [-0.05, 0) is 44.3 Å². The summed E-state index contributed by atoms with van der Waals surface area (Å²) in [7, 11) is 2.09. The Hall–Kier alpha value is -1.46. The first-order valence-electron chi connectivity index (χ1n) is 6.49. The molecule has 0 saturated carbocycles. The zero-order chi connectivity index (χ0) is 13.8. The predicted molar refractivity (Wildman–Crippen MR) is 70.8 cm³/mol. The Kier molecular flexibility index (Phi) is 4.50. The standard InChI is InChI=1S/C14H19FN2O2/c1-16-5-2-6-17(8-7-16)10-11-3-4-12(15)9-13(11)14(18)19/h3-4,9H,2,5-8,10H2,1H3,(H,18,19). The highest BCUT2D eigenvalue weighted by molar-refractivity contribution is 5.89. The summed E-state index contributed by atoms with van der Waals surface area (Å²) in [6.45, 7) is 4.46. The average Bonchev–Trinajstić information content (AvgIpc) is 2.56. The van der Waals surface area contributed by atoms with E-state index in [-0.39, 0.29) is 5.56 Å². The first kappa shape index (κ1) is 14.0. The molecular weight excluding hydrogens is 247 g/mol. The summed E-state index contributed by atoms with van der Waals surface area (Å²) < 4.78 is 13.1. The molecule has 5 heteroatoms. The van der Waals surface area contributed by atoms with Gasteiger partial charge in [-0.15, -0.1) is 0 Å². The molecule has 1 saturated heterocycles. The summed E-state index contributed by atoms with van der Waals surface area (Å²) in [5.74, 6) is -1.57. The number of likely N-dealkylation sites (N-methyl/N-ethyl adjacent to an activating group) is 1. The minimum Gasteiger partial charge on any atom is -0.478 e. The molecule has 0 spiro atoms. The van der Waals surface area contributed by atoms with E-state index in [1.807, 2.05) is 0 Å². The average molecular weight is 266 g/mol. The van der Waals surface area contributed by atoms with Crippen molar-refractivity contribution in [2.24, 2.45) is 0 Å². The van der Waals surface area contributed by atoms with Gasteiger partial charge in [-0.25, -0.2) is 9.18 Å². The monoisotopic (exact) mass is 266 g/mol. The summed E-state index contributed by atoms with van der Waals surface area (Å²) >= 11 is 0. The van der Waals surface area contributed by atoms with Gasteiger partial charge in [0.05, 0.1) is 5.56 Å². The van der Waals surface area contributed by atoms with Gasteiger partial charge in [0.1, 0.15) is 5.82 Å². The maximum Gasteiger partial charge on any atom is 0.336 e. The van der Waals surface area contributed by atoms with Gasteiger partial charge in [0.25, 0.3) is 0 Å². The van der Waals surface area contributed by atoms with E-state index in [0.29, 0.717) is 12.1 Å². The highest BCUT2D eigenvalue weighted by atomic mass is 19.1. The molecule has 4 nitrogen and oxygen atoms in total. The molecular formula is C14H19FN2O2. The Morgan fingerprint density at radius 3 is 2.84 bits per heavy atom. The molecule has 1 heterocycles. The van der Waals surface area contributed by atoms with Crippen LogP contribution in [0.15, 0.2) is 18.2 Å². The maximum absolute atomic E-state index is 13.1. The molecule has 1 aliphatic heterocycles. The van der Waals surface area contributed by atoms with Crippen LogP contribution >= 0.6 is 0 Å². The number of halogens is 1. The minimum atomic E-state index is -1.07. The minimum absolute atomic E-state index is 0.0672. The molecule has 19 heavy (non-hydrogen) atoms. The van der Waals surface area contributed by atoms with Crippen molar-refractivity contribution in [3.05, 3.63) is 35.1 Å². The fraction of sp³-hybridized carbons (Fsp3) is 0.500. The van der Waals surface area contributed by atoms with Gasteiger partial charge in [0.2, 0.25) is 0 Å². The van der Waals surface area contributed by atoms with Crippen molar-refractivity contribution in [2.45, 2.75) is 13.0 Å². The molecule has 0 unspecified atom stereocenters. The van der Waals surface area contributed by atoms with Crippen molar-refractivity contribution in [1.29, 1.82) is 0 Å². The van der Waals surface area contributed by atoms with Gasteiger partial charge in [0, 0.05) is 19.6 Å². The summed E-state index contributed by atoms with van der Waals surface area (Å²) in [6, 6.07) is 4.00. The number of carbonyl (C=O) groups is 1. The van der Waals surface area contributed by atoms with Gasteiger partial charge in [-0.2, -0.15) is 0 Å². The molecule has 0 radical (unpaired) electrons. The van der Waals surface area contributed by atoms with Crippen LogP contribution < -0.4 is 0 Å². The second kappa shape index (κ2) is 6.12. The third kappa shape index (κ3) is 3.75. The van der Waals surface area contributed by atoms with E-state index in [0.717, 1.165) is 38.7 Å². The lowest BCUT2D eigenvalue weighted by atomic mass is 10.1. The van der Waals surface area contributed by atoms with Crippen molar-refractivity contribution in [3.63, 3.8) is 0 Å². The first-order valence-corrected chi connectivity index (χ1v) is 6.49. The third-order valence-corrected chi connectivity index (χ3v) is 3.51. The number of rotatable bonds is 3. The molecule has 1 aromatic carbocycles. The molecule has 2 rings (SSSR count). The summed E-state index contributed by atoms with van der Waals surface area (Å²) in [6.07, 6.45) is 1.07. The maximum atomic E-state index is 13.1. The first-order chi connectivity index (χ1) is 9.06. The zero-order valence-electron chi connectivity index (χ0n) is 11.1. The molecule has 1 fully saturated rings. The van der Waals surface area contributed by atoms with E-state index in [1.165, 1.54) is 6.07 Å². The van der Waals surface area contributed by atoms with E-state index in [1.54, 1.807) is 6.07 Å². The van der Waals surface area contributed by atoms with Gasteiger partial charge < -0.3 is 10.0 Å². The van der Waals surface area contributed by atoms with E-state index in [4.69, 9.17) is 5.11 Å². The second-order valence-electron chi connectivity index (χ2n) is 5.04. The lowest BCUT2D eigenvalue weighted by Gasteiger charge is -2.21. The van der Waals surface area contributed by atoms with E-state index in [9.17, 15) is 9.18 Å². The molecule has 0 bridgehead atoms. The van der Waals surface area contributed by atoms with E-state index < -0.39 is 11.8 Å². The molecule has 1 aliphatic rings. The number of aromatic carboxylic acids is 1. The fourth-order valence-electron chi connectivity index (χ4n) is 2.38. The Bertz CT molecular complexity index is 465. The lowest BCUT2D eigenvalue weighted by molar-refractivity contribution is 0.0694. The largest absolute Gasteiger partial charge is 0.478 e. The SMILES string of the molecule is CN1CCCN(Cc2ccc(F)cc2C(=O)O)CC1. The van der Waals surface area contributed by atoms with E-state index >= 15 is 0 Å². The van der Waals surface area contributed by atoms with Gasteiger partial charge >= 0.3 is 5.97 Å². The van der Waals surface area contributed by atoms with Gasteiger partial charge in [0.15, 0.2) is 0 Å². The Morgan fingerprint density at radius 1 is 1.32 bits per heavy atom. The van der Waals surface area contributed by atoms with Crippen molar-refractivity contribution in [1.82, 2.24) is 9.80 Å². The Balaban J connectivity index is 2.12. The highest BCUT2D eigenvalue weighted by Gasteiger charge is 2.16. The highest BCUT2D eigenvalue weighted by Crippen LogP contribution is 2.15. The van der Waals surface area contributed by atoms with Crippen LogP contribution in [0.2, 0.25) is 0 Å². The van der Waals surface area contributed by atoms with Gasteiger partial charge in [-0.3, -0.25) is 4.90 Å². The zero-order valence-corrected chi connectivity index (χ0v) is 11.1. The third-order valence-electron chi connectivity index (χ3n) is 3.51. The van der Waals surface area contributed by atoms with Crippen LogP contribution in [0, 0.1) is 5.82 Å². The number of nitrogens with zero attached hydrogens (tertiary/aromatic N) is 2. The van der Waals surface area contributed by atoms with Crippen molar-refractivity contribution < 1.29 is 14.3 Å². The normalized spacial score (nSPS) is 18.2. The van der Waals surface area contributed by atoms with Crippen LogP contribution in [0.4, 0.5) is 4.39 Å². The lowest BCUT2D eigenvalue weighted by Crippen LogP contribution is -2.29. The van der Waals surface area contributed by atoms with Crippen LogP contribution in [0.5, 0.6) is 0 Å². The topological polar surface area (TPSA) is 43.8 Å².